The number of rotatable bonds is 8. The molecule has 1 N–H and O–H groups in total. The van der Waals surface area contributed by atoms with Crippen LogP contribution >= 0.6 is 0 Å². The summed E-state index contributed by atoms with van der Waals surface area (Å²) >= 11 is 0. The molecule has 2 rings (SSSR count). The van der Waals surface area contributed by atoms with E-state index in [9.17, 15) is 18.5 Å². The fourth-order valence-electron chi connectivity index (χ4n) is 2.64. The molecular weight excluding hydrogens is 356 g/mol. The lowest BCUT2D eigenvalue weighted by Gasteiger charge is -2.22. The van der Waals surface area contributed by atoms with Gasteiger partial charge in [-0.1, -0.05) is 36.8 Å². The van der Waals surface area contributed by atoms with Gasteiger partial charge in [0, 0.05) is 11.3 Å². The van der Waals surface area contributed by atoms with Gasteiger partial charge in [0.2, 0.25) is 16.1 Å². The molecule has 0 saturated carbocycles. The fourth-order valence-corrected chi connectivity index (χ4v) is 3.90. The van der Waals surface area contributed by atoms with Crippen LogP contribution in [-0.2, 0) is 10.0 Å². The van der Waals surface area contributed by atoms with E-state index in [1.165, 1.54) is 19.2 Å². The predicted molar refractivity (Wildman–Crippen MR) is 98.3 cm³/mol. The van der Waals surface area contributed by atoms with Crippen LogP contribution in [0.2, 0.25) is 0 Å². The van der Waals surface area contributed by atoms with Crippen LogP contribution in [0.1, 0.15) is 30.5 Å². The lowest BCUT2D eigenvalue weighted by Crippen LogP contribution is -2.39. The Morgan fingerprint density at radius 3 is 2.15 bits per heavy atom. The number of benzene rings is 2. The van der Waals surface area contributed by atoms with Gasteiger partial charge in [0.1, 0.15) is 11.8 Å². The molecule has 0 heterocycles. The number of nitro groups is 1. The molecule has 0 aromatic heterocycles. The lowest BCUT2D eigenvalue weighted by molar-refractivity contribution is -0.527. The van der Waals surface area contributed by atoms with E-state index in [4.69, 9.17) is 4.74 Å². The minimum absolute atomic E-state index is 0.0693. The van der Waals surface area contributed by atoms with Crippen LogP contribution in [-0.4, -0.2) is 26.5 Å². The molecule has 2 atom stereocenters. The third-order valence-corrected chi connectivity index (χ3v) is 5.62. The second kappa shape index (κ2) is 8.29. The summed E-state index contributed by atoms with van der Waals surface area (Å²) in [5.41, 5.74) is 1.43. The van der Waals surface area contributed by atoms with Gasteiger partial charge in [0.15, 0.2) is 0 Å². The Hall–Kier alpha value is -2.45. The largest absolute Gasteiger partial charge is 0.497 e. The number of nitrogens with zero attached hydrogens (tertiary/aromatic N) is 1. The average molecular weight is 378 g/mol. The van der Waals surface area contributed by atoms with Crippen molar-refractivity contribution < 1.29 is 18.1 Å². The molecule has 26 heavy (non-hydrogen) atoms. The molecule has 0 bridgehead atoms. The molecule has 0 aliphatic rings. The quantitative estimate of drug-likeness (QED) is 0.562. The third kappa shape index (κ3) is 4.59. The number of sulfonamides is 1. The first-order chi connectivity index (χ1) is 12.3. The van der Waals surface area contributed by atoms with Crippen molar-refractivity contribution in [2.75, 3.05) is 7.11 Å². The Labute approximate surface area is 153 Å². The van der Waals surface area contributed by atoms with Crippen molar-refractivity contribution in [1.29, 1.82) is 0 Å². The summed E-state index contributed by atoms with van der Waals surface area (Å²) in [6, 6.07) is 10.8. The monoisotopic (exact) mass is 378 g/mol. The maximum atomic E-state index is 12.7. The van der Waals surface area contributed by atoms with Crippen molar-refractivity contribution in [3.63, 3.8) is 0 Å². The normalized spacial score (nSPS) is 13.8. The molecule has 0 aliphatic heterocycles. The summed E-state index contributed by atoms with van der Waals surface area (Å²) < 4.78 is 33.1. The molecule has 0 saturated heterocycles. The summed E-state index contributed by atoms with van der Waals surface area (Å²) in [5, 5.41) is 11.5. The minimum atomic E-state index is -3.91. The highest BCUT2D eigenvalue weighted by molar-refractivity contribution is 7.89. The van der Waals surface area contributed by atoms with E-state index in [2.05, 4.69) is 4.72 Å². The van der Waals surface area contributed by atoms with Crippen LogP contribution in [0, 0.1) is 17.0 Å². The zero-order chi connectivity index (χ0) is 19.3. The zero-order valence-corrected chi connectivity index (χ0v) is 15.7. The van der Waals surface area contributed by atoms with Crippen LogP contribution in [0.4, 0.5) is 0 Å². The second-order valence-electron chi connectivity index (χ2n) is 5.95. The van der Waals surface area contributed by atoms with Gasteiger partial charge < -0.3 is 4.74 Å². The van der Waals surface area contributed by atoms with Crippen molar-refractivity contribution >= 4 is 10.0 Å². The van der Waals surface area contributed by atoms with Gasteiger partial charge in [-0.15, -0.1) is 0 Å². The third-order valence-electron chi connectivity index (χ3n) is 4.16. The lowest BCUT2D eigenvalue weighted by atomic mass is 9.99. The molecule has 0 fully saturated rings. The van der Waals surface area contributed by atoms with Gasteiger partial charge in [-0.05, 0) is 36.8 Å². The predicted octanol–water partition coefficient (Wildman–Crippen LogP) is 3.08. The summed E-state index contributed by atoms with van der Waals surface area (Å²) in [6.07, 6.45) is 0.181. The molecule has 0 aliphatic carbocycles. The van der Waals surface area contributed by atoms with Gasteiger partial charge in [-0.2, -0.15) is 4.72 Å². The van der Waals surface area contributed by atoms with Gasteiger partial charge in [-0.25, -0.2) is 8.42 Å². The van der Waals surface area contributed by atoms with Crippen molar-refractivity contribution in [2.24, 2.45) is 0 Å². The Balaban J connectivity index is 2.42. The Morgan fingerprint density at radius 2 is 1.69 bits per heavy atom. The Kier molecular flexibility index (Phi) is 6.33. The van der Waals surface area contributed by atoms with Crippen molar-refractivity contribution in [1.82, 2.24) is 4.72 Å². The SMILES string of the molecule is CC[C@H]([C@H](NS(=O)(=O)c1ccc(C)cc1)c1ccc(OC)cc1)[N+](=O)[O-]. The smallest absolute Gasteiger partial charge is 0.241 e. The van der Waals surface area contributed by atoms with E-state index < -0.39 is 27.0 Å². The van der Waals surface area contributed by atoms with Crippen LogP contribution in [0.15, 0.2) is 53.4 Å². The molecular formula is C18H22N2O5S. The van der Waals surface area contributed by atoms with Gasteiger partial charge in [0.05, 0.1) is 12.0 Å². The zero-order valence-electron chi connectivity index (χ0n) is 14.9. The highest BCUT2D eigenvalue weighted by Crippen LogP contribution is 2.26. The average Bonchev–Trinajstić information content (AvgIpc) is 2.61. The summed E-state index contributed by atoms with van der Waals surface area (Å²) in [6.45, 7) is 3.51. The molecule has 8 heteroatoms. The van der Waals surface area contributed by atoms with E-state index in [0.717, 1.165) is 5.56 Å². The van der Waals surface area contributed by atoms with Gasteiger partial charge in [-0.3, -0.25) is 10.1 Å². The van der Waals surface area contributed by atoms with Gasteiger partial charge in [0.25, 0.3) is 0 Å². The first kappa shape index (κ1) is 19.9. The highest BCUT2D eigenvalue weighted by Gasteiger charge is 2.35. The van der Waals surface area contributed by atoms with Crippen LogP contribution in [0.3, 0.4) is 0 Å². The van der Waals surface area contributed by atoms with Crippen LogP contribution in [0.5, 0.6) is 5.75 Å². The van der Waals surface area contributed by atoms with Crippen LogP contribution in [0.25, 0.3) is 0 Å². The van der Waals surface area contributed by atoms with Crippen molar-refractivity contribution in [3.8, 4) is 5.75 Å². The maximum absolute atomic E-state index is 12.7. The number of methoxy groups -OCH3 is 1. The molecule has 2 aromatic rings. The molecule has 2 aromatic carbocycles. The second-order valence-corrected chi connectivity index (χ2v) is 7.66. The van der Waals surface area contributed by atoms with E-state index in [1.54, 1.807) is 43.3 Å². The van der Waals surface area contributed by atoms with Crippen LogP contribution < -0.4 is 9.46 Å². The molecule has 0 spiro atoms. The van der Waals surface area contributed by atoms with Crippen molar-refractivity contribution in [3.05, 3.63) is 69.8 Å². The fraction of sp³-hybridized carbons (Fsp3) is 0.333. The Morgan fingerprint density at radius 1 is 1.12 bits per heavy atom. The van der Waals surface area contributed by atoms with E-state index in [-0.39, 0.29) is 11.3 Å². The number of ether oxygens (including phenoxy) is 1. The molecule has 0 amide bonds. The van der Waals surface area contributed by atoms with E-state index in [0.29, 0.717) is 11.3 Å². The summed E-state index contributed by atoms with van der Waals surface area (Å²) in [5.74, 6) is 0.586. The molecule has 140 valence electrons. The first-order valence-corrected chi connectivity index (χ1v) is 9.63. The van der Waals surface area contributed by atoms with E-state index in [1.807, 2.05) is 6.92 Å². The maximum Gasteiger partial charge on any atom is 0.241 e. The summed E-state index contributed by atoms with van der Waals surface area (Å²) in [7, 11) is -2.40. The minimum Gasteiger partial charge on any atom is -0.497 e. The molecule has 7 nitrogen and oxygen atoms in total. The van der Waals surface area contributed by atoms with Crippen molar-refractivity contribution in [2.45, 2.75) is 37.2 Å². The topological polar surface area (TPSA) is 98.5 Å². The number of hydrogen-bond donors (Lipinski definition) is 1. The number of aryl methyl sites for hydroxylation is 1. The van der Waals surface area contributed by atoms with E-state index >= 15 is 0 Å². The summed E-state index contributed by atoms with van der Waals surface area (Å²) in [4.78, 5) is 11.1. The Bertz CT molecular complexity index is 848. The first-order valence-electron chi connectivity index (χ1n) is 8.15. The standard InChI is InChI=1S/C18H22N2O5S/c1-4-17(20(21)22)18(14-7-9-15(25-3)10-8-14)19-26(23,24)16-11-5-13(2)6-12-16/h5-12,17-19H,4H2,1-3H3/t17-,18-/m1/s1. The number of hydrogen-bond acceptors (Lipinski definition) is 5. The number of nitrogens with one attached hydrogen (secondary N) is 1. The molecule has 0 unspecified atom stereocenters. The highest BCUT2D eigenvalue weighted by atomic mass is 32.2. The molecule has 0 radical (unpaired) electrons. The van der Waals surface area contributed by atoms with Gasteiger partial charge >= 0.3 is 0 Å².